The van der Waals surface area contributed by atoms with E-state index in [1.165, 1.54) is 0 Å². The monoisotopic (exact) mass is 404 g/mol. The summed E-state index contributed by atoms with van der Waals surface area (Å²) in [7, 11) is 0. The van der Waals surface area contributed by atoms with E-state index >= 15 is 0 Å². The van der Waals surface area contributed by atoms with E-state index in [1.807, 2.05) is 32.0 Å². The quantitative estimate of drug-likeness (QED) is 0.770. The van der Waals surface area contributed by atoms with Crippen molar-refractivity contribution in [2.45, 2.75) is 39.5 Å². The van der Waals surface area contributed by atoms with Gasteiger partial charge in [0.25, 0.3) is 0 Å². The smallest absolute Gasteiger partial charge is 0.333 e. The van der Waals surface area contributed by atoms with Gasteiger partial charge in [-0.25, -0.2) is 4.79 Å². The molecule has 0 aromatic heterocycles. The molecule has 0 spiro atoms. The third kappa shape index (κ3) is 2.84. The van der Waals surface area contributed by atoms with Gasteiger partial charge in [0.2, 0.25) is 0 Å². The fraction of sp³-hybridized carbons (Fsp3) is 0.400. The lowest BCUT2D eigenvalue weighted by Crippen LogP contribution is -2.39. The predicted molar refractivity (Wildman–Crippen MR) is 98.8 cm³/mol. The molecule has 0 saturated heterocycles. The van der Waals surface area contributed by atoms with Gasteiger partial charge >= 0.3 is 11.9 Å². The first kappa shape index (κ1) is 17.9. The number of aliphatic carboxylic acids is 2. The molecular formula is C20H21BrO4. The molecule has 3 rings (SSSR count). The number of benzene rings is 1. The number of halogens is 1. The lowest BCUT2D eigenvalue weighted by Gasteiger charge is -2.38. The van der Waals surface area contributed by atoms with Gasteiger partial charge in [-0.2, -0.15) is 0 Å². The van der Waals surface area contributed by atoms with Gasteiger partial charge in [-0.1, -0.05) is 24.3 Å². The molecule has 2 aliphatic carbocycles. The average molecular weight is 405 g/mol. The Morgan fingerprint density at radius 2 is 1.84 bits per heavy atom. The molecule has 1 aromatic rings. The molecule has 0 radical (unpaired) electrons. The van der Waals surface area contributed by atoms with Crippen molar-refractivity contribution >= 4 is 27.9 Å². The summed E-state index contributed by atoms with van der Waals surface area (Å²) in [6.45, 7) is 5.50. The fourth-order valence-corrected chi connectivity index (χ4v) is 4.55. The molecule has 25 heavy (non-hydrogen) atoms. The number of carboxylic acids is 2. The maximum atomic E-state index is 12.2. The minimum absolute atomic E-state index is 0.142. The lowest BCUT2D eigenvalue weighted by molar-refractivity contribution is -0.146. The number of allylic oxidation sites excluding steroid dienone is 2. The molecule has 132 valence electrons. The molecule has 2 atom stereocenters. The second kappa shape index (κ2) is 6.13. The fourth-order valence-electron chi connectivity index (χ4n) is 3.71. The Balaban J connectivity index is 2.31. The van der Waals surface area contributed by atoms with Crippen LogP contribution in [0.5, 0.6) is 0 Å². The zero-order valence-electron chi connectivity index (χ0n) is 14.5. The van der Waals surface area contributed by atoms with Gasteiger partial charge < -0.3 is 10.2 Å². The molecule has 2 aliphatic rings. The van der Waals surface area contributed by atoms with Crippen molar-refractivity contribution in [2.24, 2.45) is 11.3 Å². The highest BCUT2D eigenvalue weighted by Gasteiger charge is 2.50. The molecule has 1 fully saturated rings. The van der Waals surface area contributed by atoms with Gasteiger partial charge in [0.15, 0.2) is 0 Å². The van der Waals surface area contributed by atoms with E-state index in [-0.39, 0.29) is 11.5 Å². The van der Waals surface area contributed by atoms with Crippen molar-refractivity contribution in [1.82, 2.24) is 0 Å². The second-order valence-electron chi connectivity index (χ2n) is 7.22. The van der Waals surface area contributed by atoms with E-state index in [2.05, 4.69) is 15.9 Å². The standard InChI is InChI=1S/C20H21BrO4/c1-10-5-4-6-13(11(10)2)16-15(18(22)23)17(21)14(12-7-8-12)9-20(16,3)19(24)25/h4-6,9,12,16H,7-8H2,1-3H3,(H,22,23)(H,24,25). The van der Waals surface area contributed by atoms with Crippen LogP contribution in [0, 0.1) is 25.2 Å². The van der Waals surface area contributed by atoms with Gasteiger partial charge in [-0.05, 0) is 77.7 Å². The normalized spacial score (nSPS) is 26.4. The molecule has 0 aliphatic heterocycles. The van der Waals surface area contributed by atoms with Crippen molar-refractivity contribution in [2.75, 3.05) is 0 Å². The SMILES string of the molecule is Cc1cccc(C2C(C(=O)O)=C(Br)C(C3CC3)=CC2(C)C(=O)O)c1C. The van der Waals surface area contributed by atoms with Crippen molar-refractivity contribution in [3.63, 3.8) is 0 Å². The largest absolute Gasteiger partial charge is 0.481 e. The lowest BCUT2D eigenvalue weighted by atomic mass is 9.64. The highest BCUT2D eigenvalue weighted by molar-refractivity contribution is 9.12. The zero-order valence-corrected chi connectivity index (χ0v) is 16.1. The highest BCUT2D eigenvalue weighted by atomic mass is 79.9. The van der Waals surface area contributed by atoms with Gasteiger partial charge in [0.05, 0.1) is 11.0 Å². The summed E-state index contributed by atoms with van der Waals surface area (Å²) >= 11 is 3.48. The number of hydrogen-bond donors (Lipinski definition) is 2. The number of aryl methyl sites for hydroxylation is 1. The predicted octanol–water partition coefficient (Wildman–Crippen LogP) is 4.56. The third-order valence-corrected chi connectivity index (χ3v) is 6.38. The van der Waals surface area contributed by atoms with Crippen LogP contribution in [0.4, 0.5) is 0 Å². The van der Waals surface area contributed by atoms with Crippen molar-refractivity contribution in [1.29, 1.82) is 0 Å². The summed E-state index contributed by atoms with van der Waals surface area (Å²) in [5, 5.41) is 19.9. The number of carbonyl (C=O) groups is 2. The maximum absolute atomic E-state index is 12.2. The minimum Gasteiger partial charge on any atom is -0.481 e. The molecule has 0 bridgehead atoms. The van der Waals surface area contributed by atoms with Crippen LogP contribution in [0.2, 0.25) is 0 Å². The Hall–Kier alpha value is -1.88. The third-order valence-electron chi connectivity index (χ3n) is 5.50. The van der Waals surface area contributed by atoms with Gasteiger partial charge in [-0.3, -0.25) is 4.79 Å². The Morgan fingerprint density at radius 1 is 1.20 bits per heavy atom. The summed E-state index contributed by atoms with van der Waals surface area (Å²) in [6, 6.07) is 5.64. The van der Waals surface area contributed by atoms with Crippen LogP contribution in [0.3, 0.4) is 0 Å². The van der Waals surface area contributed by atoms with E-state index in [0.717, 1.165) is 35.1 Å². The van der Waals surface area contributed by atoms with Crippen LogP contribution in [-0.2, 0) is 9.59 Å². The van der Waals surface area contributed by atoms with E-state index in [0.29, 0.717) is 4.48 Å². The summed E-state index contributed by atoms with van der Waals surface area (Å²) in [5.41, 5.74) is 2.36. The Kier molecular flexibility index (Phi) is 4.40. The zero-order chi connectivity index (χ0) is 18.5. The van der Waals surface area contributed by atoms with Crippen LogP contribution in [0.1, 0.15) is 42.4 Å². The van der Waals surface area contributed by atoms with Crippen LogP contribution < -0.4 is 0 Å². The maximum Gasteiger partial charge on any atom is 0.333 e. The highest BCUT2D eigenvalue weighted by Crippen LogP contribution is 2.55. The van der Waals surface area contributed by atoms with E-state index in [1.54, 1.807) is 13.0 Å². The molecule has 1 aromatic carbocycles. The Bertz CT molecular complexity index is 832. The number of rotatable bonds is 4. The van der Waals surface area contributed by atoms with Gasteiger partial charge in [0.1, 0.15) is 0 Å². The van der Waals surface area contributed by atoms with Crippen LogP contribution in [0.25, 0.3) is 0 Å². The topological polar surface area (TPSA) is 74.6 Å². The summed E-state index contributed by atoms with van der Waals surface area (Å²) in [4.78, 5) is 24.4. The van der Waals surface area contributed by atoms with Crippen molar-refractivity contribution in [3.05, 3.63) is 56.6 Å². The summed E-state index contributed by atoms with van der Waals surface area (Å²) < 4.78 is 0.548. The first-order valence-electron chi connectivity index (χ1n) is 8.34. The summed E-state index contributed by atoms with van der Waals surface area (Å²) in [5.74, 6) is -2.58. The van der Waals surface area contributed by atoms with Crippen LogP contribution in [0.15, 0.2) is 39.9 Å². The molecule has 5 heteroatoms. The summed E-state index contributed by atoms with van der Waals surface area (Å²) in [6.07, 6.45) is 3.71. The Labute approximate surface area is 155 Å². The van der Waals surface area contributed by atoms with Crippen molar-refractivity contribution in [3.8, 4) is 0 Å². The molecule has 4 nitrogen and oxygen atoms in total. The molecule has 2 unspecified atom stereocenters. The number of carboxylic acid groups (broad SMARTS) is 2. The minimum atomic E-state index is -1.30. The first-order chi connectivity index (χ1) is 11.7. The average Bonchev–Trinajstić information content (AvgIpc) is 3.36. The van der Waals surface area contributed by atoms with E-state index in [4.69, 9.17) is 0 Å². The Morgan fingerprint density at radius 3 is 2.36 bits per heavy atom. The molecule has 2 N–H and O–H groups in total. The number of hydrogen-bond acceptors (Lipinski definition) is 2. The molecule has 1 saturated carbocycles. The van der Waals surface area contributed by atoms with Gasteiger partial charge in [-0.15, -0.1) is 0 Å². The molecular weight excluding hydrogens is 384 g/mol. The van der Waals surface area contributed by atoms with Gasteiger partial charge in [0, 0.05) is 10.4 Å². The molecule has 0 heterocycles. The van der Waals surface area contributed by atoms with Crippen molar-refractivity contribution < 1.29 is 19.8 Å². The van der Waals surface area contributed by atoms with E-state index in [9.17, 15) is 19.8 Å². The first-order valence-corrected chi connectivity index (χ1v) is 9.13. The second-order valence-corrected chi connectivity index (χ2v) is 8.01. The van der Waals surface area contributed by atoms with Crippen LogP contribution >= 0.6 is 15.9 Å². The van der Waals surface area contributed by atoms with E-state index < -0.39 is 23.3 Å². The van der Waals surface area contributed by atoms with Crippen LogP contribution in [-0.4, -0.2) is 22.2 Å². The molecule has 0 amide bonds.